The van der Waals surface area contributed by atoms with Crippen molar-refractivity contribution in [3.63, 3.8) is 0 Å². The van der Waals surface area contributed by atoms with Gasteiger partial charge in [-0.15, -0.1) is 0 Å². The molecule has 0 aliphatic heterocycles. The van der Waals surface area contributed by atoms with Crippen LogP contribution in [-0.2, 0) is 5.41 Å². The molecule has 4 aromatic carbocycles. The minimum Gasteiger partial charge on any atom is -0.292 e. The summed E-state index contributed by atoms with van der Waals surface area (Å²) in [7, 11) is 0. The van der Waals surface area contributed by atoms with Crippen LogP contribution < -0.4 is 0 Å². The van der Waals surface area contributed by atoms with Crippen molar-refractivity contribution in [1.82, 2.24) is 9.38 Å². The van der Waals surface area contributed by atoms with Crippen molar-refractivity contribution in [3.8, 4) is 0 Å². The predicted octanol–water partition coefficient (Wildman–Crippen LogP) is 7.24. The molecule has 0 aliphatic rings. The Kier molecular flexibility index (Phi) is 3.18. The molecule has 0 aliphatic carbocycles. The van der Waals surface area contributed by atoms with Gasteiger partial charge in [-0.05, 0) is 46.0 Å². The lowest BCUT2D eigenvalue weighted by atomic mass is 9.86. The Bertz CT molecular complexity index is 1580. The number of nitrogens with zero attached hydrogens (tertiary/aromatic N) is 2. The molecule has 0 bridgehead atoms. The van der Waals surface area contributed by atoms with E-state index in [1.54, 1.807) is 0 Å². The number of para-hydroxylation sites is 2. The van der Waals surface area contributed by atoms with Gasteiger partial charge in [0.1, 0.15) is 5.65 Å². The second kappa shape index (κ2) is 5.57. The van der Waals surface area contributed by atoms with Gasteiger partial charge in [0.25, 0.3) is 0 Å². The van der Waals surface area contributed by atoms with Gasteiger partial charge in [0.2, 0.25) is 0 Å². The molecule has 0 saturated carbocycles. The number of fused-ring (bicyclic) bond motifs is 10. The summed E-state index contributed by atoms with van der Waals surface area (Å²) in [5, 5.41) is 6.33. The molecule has 2 heterocycles. The van der Waals surface area contributed by atoms with Crippen molar-refractivity contribution in [3.05, 3.63) is 84.4 Å². The quantitative estimate of drug-likeness (QED) is 0.256. The first-order chi connectivity index (χ1) is 14.0. The molecule has 0 fully saturated rings. The number of hydrogen-bond donors (Lipinski definition) is 0. The highest BCUT2D eigenvalue weighted by Crippen LogP contribution is 2.38. The van der Waals surface area contributed by atoms with Gasteiger partial charge < -0.3 is 0 Å². The van der Waals surface area contributed by atoms with Crippen LogP contribution in [0.1, 0.15) is 26.3 Å². The molecule has 0 amide bonds. The Balaban J connectivity index is 1.97. The zero-order valence-electron chi connectivity index (χ0n) is 16.9. The standard InChI is InChI=1S/C27H22N2/c1-27(2,3)18-13-15-20-24(16-18)29-23-11-7-6-10-22(23)28-26(29)21-14-12-17-8-4-5-9-19(17)25(20)21/h4-16H,1-3H3. The summed E-state index contributed by atoms with van der Waals surface area (Å²) >= 11 is 0. The molecule has 6 rings (SSSR count). The highest BCUT2D eigenvalue weighted by molar-refractivity contribution is 6.23. The van der Waals surface area contributed by atoms with E-state index in [1.807, 2.05) is 0 Å². The van der Waals surface area contributed by atoms with Gasteiger partial charge in [-0.3, -0.25) is 4.40 Å². The second-order valence-corrected chi connectivity index (χ2v) is 8.95. The highest BCUT2D eigenvalue weighted by atomic mass is 15.0. The molecule has 2 nitrogen and oxygen atoms in total. The summed E-state index contributed by atoms with van der Waals surface area (Å²) in [6.45, 7) is 6.81. The van der Waals surface area contributed by atoms with Gasteiger partial charge in [-0.25, -0.2) is 4.98 Å². The first-order valence-corrected chi connectivity index (χ1v) is 10.2. The SMILES string of the molecule is CC(C)(C)c1ccc2c3c4ccccc4ccc3c3nc4ccccc4n3c2c1. The summed E-state index contributed by atoms with van der Waals surface area (Å²) in [6, 6.07) is 28.5. The Morgan fingerprint density at radius 2 is 1.45 bits per heavy atom. The number of benzene rings is 4. The van der Waals surface area contributed by atoms with E-state index in [0.29, 0.717) is 0 Å². The molecule has 2 heteroatoms. The first kappa shape index (κ1) is 16.6. The summed E-state index contributed by atoms with van der Waals surface area (Å²) in [6.07, 6.45) is 0. The van der Waals surface area contributed by atoms with E-state index in [-0.39, 0.29) is 5.41 Å². The molecule has 0 N–H and O–H groups in total. The topological polar surface area (TPSA) is 17.3 Å². The van der Waals surface area contributed by atoms with Crippen molar-refractivity contribution in [2.24, 2.45) is 0 Å². The van der Waals surface area contributed by atoms with Crippen LogP contribution in [0.4, 0.5) is 0 Å². The van der Waals surface area contributed by atoms with Gasteiger partial charge in [0.05, 0.1) is 16.6 Å². The van der Waals surface area contributed by atoms with Gasteiger partial charge in [-0.2, -0.15) is 0 Å². The average Bonchev–Trinajstić information content (AvgIpc) is 3.12. The maximum atomic E-state index is 5.06. The van der Waals surface area contributed by atoms with Crippen LogP contribution in [0.15, 0.2) is 78.9 Å². The molecule has 0 saturated heterocycles. The zero-order chi connectivity index (χ0) is 19.8. The molecule has 140 valence electrons. The summed E-state index contributed by atoms with van der Waals surface area (Å²) < 4.78 is 2.34. The van der Waals surface area contributed by atoms with Gasteiger partial charge in [0.15, 0.2) is 0 Å². The Morgan fingerprint density at radius 3 is 2.31 bits per heavy atom. The Hall–Kier alpha value is -3.39. The number of aromatic nitrogens is 2. The molecule has 0 radical (unpaired) electrons. The van der Waals surface area contributed by atoms with Crippen LogP contribution >= 0.6 is 0 Å². The minimum absolute atomic E-state index is 0.0879. The maximum Gasteiger partial charge on any atom is 0.146 e. The molecular weight excluding hydrogens is 352 g/mol. The number of rotatable bonds is 0. The number of pyridine rings is 1. The van der Waals surface area contributed by atoms with Crippen molar-refractivity contribution < 1.29 is 0 Å². The Labute approximate surface area is 169 Å². The van der Waals surface area contributed by atoms with E-state index >= 15 is 0 Å². The third-order valence-electron chi connectivity index (χ3n) is 6.10. The third-order valence-corrected chi connectivity index (χ3v) is 6.10. The van der Waals surface area contributed by atoms with Crippen molar-refractivity contribution >= 4 is 49.1 Å². The average molecular weight is 374 g/mol. The smallest absolute Gasteiger partial charge is 0.146 e. The summed E-state index contributed by atoms with van der Waals surface area (Å²) in [4.78, 5) is 5.06. The minimum atomic E-state index is 0.0879. The van der Waals surface area contributed by atoms with Gasteiger partial charge >= 0.3 is 0 Å². The molecule has 6 aromatic rings. The monoisotopic (exact) mass is 374 g/mol. The predicted molar refractivity (Wildman–Crippen MR) is 124 cm³/mol. The Morgan fingerprint density at radius 1 is 0.690 bits per heavy atom. The first-order valence-electron chi connectivity index (χ1n) is 10.2. The highest BCUT2D eigenvalue weighted by Gasteiger charge is 2.19. The zero-order valence-corrected chi connectivity index (χ0v) is 16.9. The van der Waals surface area contributed by atoms with Crippen LogP contribution in [0, 0.1) is 0 Å². The van der Waals surface area contributed by atoms with E-state index in [4.69, 9.17) is 4.98 Å². The summed E-state index contributed by atoms with van der Waals surface area (Å²) in [5.74, 6) is 0. The van der Waals surface area contributed by atoms with Crippen LogP contribution in [0.3, 0.4) is 0 Å². The summed E-state index contributed by atoms with van der Waals surface area (Å²) in [5.41, 5.74) is 5.88. The fourth-order valence-corrected chi connectivity index (χ4v) is 4.59. The fraction of sp³-hybridized carbons (Fsp3) is 0.148. The molecule has 0 unspecified atom stereocenters. The van der Waals surface area contributed by atoms with Crippen molar-refractivity contribution in [1.29, 1.82) is 0 Å². The van der Waals surface area contributed by atoms with E-state index in [1.165, 1.54) is 38.0 Å². The van der Waals surface area contributed by atoms with E-state index in [0.717, 1.165) is 16.7 Å². The van der Waals surface area contributed by atoms with Gasteiger partial charge in [0, 0.05) is 16.2 Å². The lowest BCUT2D eigenvalue weighted by molar-refractivity contribution is 0.591. The lowest BCUT2D eigenvalue weighted by Crippen LogP contribution is -2.11. The van der Waals surface area contributed by atoms with E-state index < -0.39 is 0 Å². The van der Waals surface area contributed by atoms with E-state index in [9.17, 15) is 0 Å². The molecule has 0 atom stereocenters. The largest absolute Gasteiger partial charge is 0.292 e. The van der Waals surface area contributed by atoms with E-state index in [2.05, 4.69) is 104 Å². The van der Waals surface area contributed by atoms with Crippen molar-refractivity contribution in [2.75, 3.05) is 0 Å². The van der Waals surface area contributed by atoms with Crippen LogP contribution in [0.5, 0.6) is 0 Å². The van der Waals surface area contributed by atoms with Gasteiger partial charge in [-0.1, -0.05) is 75.4 Å². The second-order valence-electron chi connectivity index (χ2n) is 8.95. The maximum absolute atomic E-state index is 5.06. The van der Waals surface area contributed by atoms with Crippen LogP contribution in [0.2, 0.25) is 0 Å². The molecule has 0 spiro atoms. The van der Waals surface area contributed by atoms with Crippen LogP contribution in [0.25, 0.3) is 49.1 Å². The normalized spacial score (nSPS) is 12.7. The van der Waals surface area contributed by atoms with Crippen LogP contribution in [-0.4, -0.2) is 9.38 Å². The number of hydrogen-bond acceptors (Lipinski definition) is 1. The number of imidazole rings is 1. The lowest BCUT2D eigenvalue weighted by Gasteiger charge is -2.20. The van der Waals surface area contributed by atoms with Crippen molar-refractivity contribution in [2.45, 2.75) is 26.2 Å². The third kappa shape index (κ3) is 2.26. The molecule has 2 aromatic heterocycles. The fourth-order valence-electron chi connectivity index (χ4n) is 4.59. The molecular formula is C27H22N2. The molecule has 29 heavy (non-hydrogen) atoms.